The van der Waals surface area contributed by atoms with Crippen LogP contribution in [0.15, 0.2) is 120 Å². The van der Waals surface area contributed by atoms with Crippen molar-refractivity contribution in [1.82, 2.24) is 5.32 Å². The van der Waals surface area contributed by atoms with Crippen LogP contribution in [0.1, 0.15) is 80.5 Å². The number of esters is 1. The number of ether oxygens (including phenoxy) is 1. The van der Waals surface area contributed by atoms with Gasteiger partial charge in [0.15, 0.2) is 0 Å². The summed E-state index contributed by atoms with van der Waals surface area (Å²) in [6.45, 7) is 5.94. The zero-order valence-corrected chi connectivity index (χ0v) is 32.2. The van der Waals surface area contributed by atoms with E-state index in [2.05, 4.69) is 40.2 Å². The lowest BCUT2D eigenvalue weighted by Gasteiger charge is -2.23. The Kier molecular flexibility index (Phi) is 12.8. The molecule has 0 radical (unpaired) electrons. The molecule has 4 aromatic carbocycles. The molecule has 276 valence electrons. The summed E-state index contributed by atoms with van der Waals surface area (Å²) in [5, 5.41) is 8.84. The summed E-state index contributed by atoms with van der Waals surface area (Å²) in [6.07, 6.45) is 4.61. The molecule has 3 N–H and O–H groups in total. The summed E-state index contributed by atoms with van der Waals surface area (Å²) in [5.74, 6) is -1.18. The molecular formula is C44H43N3O5S2. The highest BCUT2D eigenvalue weighted by Crippen LogP contribution is 2.43. The molecule has 0 bridgehead atoms. The second kappa shape index (κ2) is 18.1. The van der Waals surface area contributed by atoms with E-state index in [0.29, 0.717) is 34.2 Å². The number of carbonyl (C=O) groups is 4. The van der Waals surface area contributed by atoms with Crippen molar-refractivity contribution in [3.8, 4) is 0 Å². The summed E-state index contributed by atoms with van der Waals surface area (Å²) in [7, 11) is 0. The van der Waals surface area contributed by atoms with Crippen LogP contribution in [-0.2, 0) is 27.2 Å². The number of carbonyl (C=O) groups excluding carboxylic acids is 4. The van der Waals surface area contributed by atoms with Gasteiger partial charge in [-0.1, -0.05) is 91.3 Å². The first-order chi connectivity index (χ1) is 26.2. The Morgan fingerprint density at radius 3 is 2.31 bits per heavy atom. The van der Waals surface area contributed by atoms with Gasteiger partial charge in [-0.05, 0) is 98.5 Å². The number of thioether (sulfide) groups is 1. The number of benzene rings is 4. The first kappa shape index (κ1) is 38.3. The van der Waals surface area contributed by atoms with Crippen molar-refractivity contribution in [2.45, 2.75) is 62.5 Å². The smallest absolute Gasteiger partial charge is 0.341 e. The van der Waals surface area contributed by atoms with Crippen LogP contribution in [0.2, 0.25) is 0 Å². The average Bonchev–Trinajstić information content (AvgIpc) is 3.55. The Hall–Kier alpha value is -5.45. The van der Waals surface area contributed by atoms with E-state index in [-0.39, 0.29) is 18.2 Å². The Balaban J connectivity index is 1.17. The van der Waals surface area contributed by atoms with E-state index in [0.717, 1.165) is 45.7 Å². The van der Waals surface area contributed by atoms with Crippen LogP contribution in [0.4, 0.5) is 10.7 Å². The van der Waals surface area contributed by atoms with Gasteiger partial charge in [0.2, 0.25) is 5.91 Å². The fourth-order valence-corrected chi connectivity index (χ4v) is 8.73. The summed E-state index contributed by atoms with van der Waals surface area (Å²) in [6, 6.07) is 34.0. The van der Waals surface area contributed by atoms with Crippen molar-refractivity contribution in [2.24, 2.45) is 0 Å². The molecule has 1 aliphatic carbocycles. The normalized spacial score (nSPS) is 14.4. The zero-order chi connectivity index (χ0) is 38.0. The van der Waals surface area contributed by atoms with Crippen LogP contribution in [0, 0.1) is 6.92 Å². The minimum atomic E-state index is -0.491. The molecule has 54 heavy (non-hydrogen) atoms. The predicted molar refractivity (Wildman–Crippen MR) is 218 cm³/mol. The van der Waals surface area contributed by atoms with Crippen molar-refractivity contribution < 1.29 is 23.9 Å². The number of aryl methyl sites for hydroxylation is 1. The summed E-state index contributed by atoms with van der Waals surface area (Å²) < 4.78 is 5.46. The molecule has 0 saturated carbocycles. The Morgan fingerprint density at radius 2 is 1.61 bits per heavy atom. The topological polar surface area (TPSA) is 114 Å². The quantitative estimate of drug-likeness (QED) is 0.0627. The van der Waals surface area contributed by atoms with Crippen LogP contribution in [0.25, 0.3) is 6.08 Å². The van der Waals surface area contributed by atoms with Crippen molar-refractivity contribution in [3.05, 3.63) is 153 Å². The second-order valence-electron chi connectivity index (χ2n) is 13.1. The number of nitrogens with one attached hydrogen (secondary N) is 3. The van der Waals surface area contributed by atoms with Gasteiger partial charge < -0.3 is 20.7 Å². The third-order valence-corrected chi connectivity index (χ3v) is 11.7. The minimum absolute atomic E-state index is 0.0858. The molecule has 1 aliphatic rings. The summed E-state index contributed by atoms with van der Waals surface area (Å²) in [4.78, 5) is 55.7. The van der Waals surface area contributed by atoms with E-state index < -0.39 is 23.0 Å². The number of fused-ring (bicyclic) bond motifs is 1. The molecule has 0 aliphatic heterocycles. The molecule has 6 rings (SSSR count). The molecule has 3 amide bonds. The highest BCUT2D eigenvalue weighted by atomic mass is 32.2. The third kappa shape index (κ3) is 9.55. The van der Waals surface area contributed by atoms with E-state index in [4.69, 9.17) is 4.74 Å². The number of amides is 3. The fraction of sp³-hybridized carbons (Fsp3) is 0.227. The van der Waals surface area contributed by atoms with Crippen LogP contribution < -0.4 is 16.0 Å². The van der Waals surface area contributed by atoms with Crippen molar-refractivity contribution in [2.75, 3.05) is 17.2 Å². The number of anilines is 2. The molecule has 2 atom stereocenters. The van der Waals surface area contributed by atoms with Gasteiger partial charge in [-0.2, -0.15) is 0 Å². The number of hydrogen-bond acceptors (Lipinski definition) is 7. The van der Waals surface area contributed by atoms with Crippen LogP contribution >= 0.6 is 23.1 Å². The highest BCUT2D eigenvalue weighted by Gasteiger charge is 2.32. The number of hydrogen-bond donors (Lipinski definition) is 3. The Morgan fingerprint density at radius 1 is 0.889 bits per heavy atom. The van der Waals surface area contributed by atoms with Gasteiger partial charge in [-0.15, -0.1) is 23.1 Å². The average molecular weight is 758 g/mol. The Labute approximate surface area is 324 Å². The van der Waals surface area contributed by atoms with Crippen LogP contribution in [0.5, 0.6) is 0 Å². The molecular weight excluding hydrogens is 715 g/mol. The maximum absolute atomic E-state index is 13.9. The van der Waals surface area contributed by atoms with Gasteiger partial charge in [-0.3, -0.25) is 14.4 Å². The van der Waals surface area contributed by atoms with Gasteiger partial charge in [0.05, 0.1) is 17.4 Å². The van der Waals surface area contributed by atoms with E-state index >= 15 is 0 Å². The largest absolute Gasteiger partial charge is 0.462 e. The zero-order valence-electron chi connectivity index (χ0n) is 30.5. The van der Waals surface area contributed by atoms with Gasteiger partial charge in [0.25, 0.3) is 11.8 Å². The van der Waals surface area contributed by atoms with E-state index in [1.807, 2.05) is 62.4 Å². The monoisotopic (exact) mass is 757 g/mol. The highest BCUT2D eigenvalue weighted by molar-refractivity contribution is 8.00. The minimum Gasteiger partial charge on any atom is -0.462 e. The maximum atomic E-state index is 13.9. The van der Waals surface area contributed by atoms with E-state index in [9.17, 15) is 19.2 Å². The molecule has 8 nitrogen and oxygen atoms in total. The summed E-state index contributed by atoms with van der Waals surface area (Å²) >= 11 is 2.84. The van der Waals surface area contributed by atoms with Crippen molar-refractivity contribution in [1.29, 1.82) is 0 Å². The van der Waals surface area contributed by atoms with Crippen molar-refractivity contribution in [3.63, 3.8) is 0 Å². The predicted octanol–water partition coefficient (Wildman–Crippen LogP) is 9.42. The van der Waals surface area contributed by atoms with Crippen LogP contribution in [0.3, 0.4) is 0 Å². The molecule has 2 unspecified atom stereocenters. The van der Waals surface area contributed by atoms with Crippen molar-refractivity contribution >= 4 is 63.6 Å². The van der Waals surface area contributed by atoms with E-state index in [1.54, 1.807) is 49.4 Å². The van der Waals surface area contributed by atoms with E-state index in [1.165, 1.54) is 28.7 Å². The maximum Gasteiger partial charge on any atom is 0.341 e. The molecule has 0 saturated heterocycles. The van der Waals surface area contributed by atoms with Gasteiger partial charge in [0, 0.05) is 21.0 Å². The fourth-order valence-electron chi connectivity index (χ4n) is 6.40. The molecule has 0 spiro atoms. The molecule has 1 heterocycles. The molecule has 1 aromatic heterocycles. The molecule has 5 aromatic rings. The van der Waals surface area contributed by atoms with Gasteiger partial charge in [-0.25, -0.2) is 4.79 Å². The molecule has 10 heteroatoms. The first-order valence-electron chi connectivity index (χ1n) is 18.1. The SMILES string of the molecule is CCOC(=O)c1c(NC(=O)C(CC)Sc2cccc(NC(=O)/C(=C/c3ccc(C)cc3)NC(=O)c3ccccc3)c2)sc2c1CCC(c1ccccc1)C2. The standard InChI is InChI=1S/C44H43N3O5S2/c1-4-37(42(50)47-43-39(44(51)52-5-2)35-24-23-32(26-38(35)54-43)30-13-8-6-9-14-30)53-34-18-12-17-33(27-34)45-41(49)36(25-29-21-19-28(3)20-22-29)46-40(48)31-15-10-7-11-16-31/h6-22,25,27,32,37H,4-5,23-24,26H2,1-3H3,(H,45,49)(H,46,48)(H,47,50)/b36-25-. The van der Waals surface area contributed by atoms with Gasteiger partial charge in [0.1, 0.15) is 10.7 Å². The number of thiophene rings is 1. The number of rotatable bonds is 13. The molecule has 0 fully saturated rings. The Bertz CT molecular complexity index is 2150. The lowest BCUT2D eigenvalue weighted by atomic mass is 9.83. The first-order valence-corrected chi connectivity index (χ1v) is 19.8. The third-order valence-electron chi connectivity index (χ3n) is 9.20. The summed E-state index contributed by atoms with van der Waals surface area (Å²) in [5.41, 5.74) is 5.57. The van der Waals surface area contributed by atoms with Crippen LogP contribution in [-0.4, -0.2) is 35.5 Å². The second-order valence-corrected chi connectivity index (χ2v) is 15.4. The lowest BCUT2D eigenvalue weighted by Crippen LogP contribution is -2.30. The lowest BCUT2D eigenvalue weighted by molar-refractivity contribution is -0.116. The van der Waals surface area contributed by atoms with Gasteiger partial charge >= 0.3 is 5.97 Å².